The van der Waals surface area contributed by atoms with Crippen LogP contribution in [-0.4, -0.2) is 46.8 Å². The first-order chi connectivity index (χ1) is 13.7. The minimum Gasteiger partial charge on any atom is -0.486 e. The van der Waals surface area contributed by atoms with E-state index in [1.807, 2.05) is 24.3 Å². The molecule has 28 heavy (non-hydrogen) atoms. The molecule has 3 heterocycles. The summed E-state index contributed by atoms with van der Waals surface area (Å²) in [5.74, 6) is 1.22. The van der Waals surface area contributed by atoms with Crippen LogP contribution in [0.25, 0.3) is 11.0 Å². The number of nitrogens with zero attached hydrogens (tertiary/aromatic N) is 2. The molecule has 6 nitrogen and oxygen atoms in total. The number of hydrogen-bond donors (Lipinski definition) is 1. The summed E-state index contributed by atoms with van der Waals surface area (Å²) in [6.07, 6.45) is 1.82. The minimum atomic E-state index is -0.334. The number of aromatic amines is 1. The Bertz CT molecular complexity index is 1060. The van der Waals surface area contributed by atoms with E-state index in [1.54, 1.807) is 10.6 Å². The predicted molar refractivity (Wildman–Crippen MR) is 104 cm³/mol. The fourth-order valence-corrected chi connectivity index (χ4v) is 4.31. The summed E-state index contributed by atoms with van der Waals surface area (Å²) in [6.45, 7) is 2.92. The van der Waals surface area contributed by atoms with Gasteiger partial charge in [0, 0.05) is 13.1 Å². The Kier molecular flexibility index (Phi) is 4.31. The molecule has 2 atom stereocenters. The molecule has 1 N–H and O–H groups in total. The molecule has 2 aromatic carbocycles. The van der Waals surface area contributed by atoms with Gasteiger partial charge in [0.15, 0.2) is 11.5 Å². The van der Waals surface area contributed by atoms with Crippen LogP contribution >= 0.6 is 0 Å². The Balaban J connectivity index is 1.33. The molecule has 0 radical (unpaired) electrons. The van der Waals surface area contributed by atoms with Crippen LogP contribution in [0.4, 0.5) is 4.39 Å². The molecule has 0 bridgehead atoms. The van der Waals surface area contributed by atoms with Crippen molar-refractivity contribution in [3.8, 4) is 11.5 Å². The average Bonchev–Trinajstić information content (AvgIpc) is 3.03. The van der Waals surface area contributed by atoms with Gasteiger partial charge in [-0.15, -0.1) is 0 Å². The minimum absolute atomic E-state index is 0.00796. The summed E-state index contributed by atoms with van der Waals surface area (Å²) in [7, 11) is 0. The van der Waals surface area contributed by atoms with Crippen molar-refractivity contribution in [1.82, 2.24) is 14.5 Å². The standard InChI is InChI=1S/C21H22FN3O3/c22-14-7-8-17-18(10-14)25(21(26)23-17)15-4-3-9-24(11-15)12-16-13-27-19-5-1-2-6-20(19)28-16/h1-2,5-8,10,15-16H,3-4,9,11-13H2,(H,23,26). The molecule has 146 valence electrons. The van der Waals surface area contributed by atoms with Gasteiger partial charge in [-0.2, -0.15) is 0 Å². The zero-order chi connectivity index (χ0) is 19.1. The molecular formula is C21H22FN3O3. The quantitative estimate of drug-likeness (QED) is 0.756. The van der Waals surface area contributed by atoms with Gasteiger partial charge in [-0.05, 0) is 49.7 Å². The number of ether oxygens (including phenoxy) is 2. The topological polar surface area (TPSA) is 59.5 Å². The van der Waals surface area contributed by atoms with Crippen molar-refractivity contribution in [3.05, 3.63) is 58.8 Å². The Morgan fingerprint density at radius 3 is 2.93 bits per heavy atom. The first kappa shape index (κ1) is 17.3. The summed E-state index contributed by atoms with van der Waals surface area (Å²) < 4.78 is 27.3. The van der Waals surface area contributed by atoms with Crippen LogP contribution in [0.15, 0.2) is 47.3 Å². The van der Waals surface area contributed by atoms with Crippen LogP contribution in [0.1, 0.15) is 18.9 Å². The van der Waals surface area contributed by atoms with Crippen molar-refractivity contribution in [1.29, 1.82) is 0 Å². The number of imidazole rings is 1. The molecule has 0 saturated carbocycles. The maximum atomic E-state index is 13.7. The number of rotatable bonds is 3. The third-order valence-corrected chi connectivity index (χ3v) is 5.55. The van der Waals surface area contributed by atoms with Crippen molar-refractivity contribution in [2.45, 2.75) is 25.0 Å². The summed E-state index contributed by atoms with van der Waals surface area (Å²) >= 11 is 0. The lowest BCUT2D eigenvalue weighted by Crippen LogP contribution is -2.46. The van der Waals surface area contributed by atoms with E-state index in [0.29, 0.717) is 17.6 Å². The number of H-pyrrole nitrogens is 1. The lowest BCUT2D eigenvalue weighted by molar-refractivity contribution is 0.0462. The number of likely N-dealkylation sites (tertiary alicyclic amines) is 1. The Hall–Kier alpha value is -2.80. The summed E-state index contributed by atoms with van der Waals surface area (Å²) in [6, 6.07) is 12.1. The smallest absolute Gasteiger partial charge is 0.326 e. The van der Waals surface area contributed by atoms with Gasteiger partial charge in [0.05, 0.1) is 17.1 Å². The second kappa shape index (κ2) is 6.98. The van der Waals surface area contributed by atoms with E-state index in [-0.39, 0.29) is 23.7 Å². The Morgan fingerprint density at radius 1 is 1.18 bits per heavy atom. The zero-order valence-corrected chi connectivity index (χ0v) is 15.4. The van der Waals surface area contributed by atoms with Crippen LogP contribution < -0.4 is 15.2 Å². The van der Waals surface area contributed by atoms with Gasteiger partial charge in [-0.25, -0.2) is 9.18 Å². The largest absolute Gasteiger partial charge is 0.486 e. The third kappa shape index (κ3) is 3.16. The second-order valence-electron chi connectivity index (χ2n) is 7.51. The molecule has 7 heteroatoms. The molecule has 5 rings (SSSR count). The molecule has 0 spiro atoms. The molecule has 0 aliphatic carbocycles. The van der Waals surface area contributed by atoms with Gasteiger partial charge < -0.3 is 14.5 Å². The van der Waals surface area contributed by atoms with E-state index in [4.69, 9.17) is 9.47 Å². The highest BCUT2D eigenvalue weighted by atomic mass is 19.1. The maximum Gasteiger partial charge on any atom is 0.326 e. The molecule has 1 aromatic heterocycles. The summed E-state index contributed by atoms with van der Waals surface area (Å²) in [5, 5.41) is 0. The van der Waals surface area contributed by atoms with E-state index >= 15 is 0 Å². The summed E-state index contributed by atoms with van der Waals surface area (Å²) in [5.41, 5.74) is 1.12. The van der Waals surface area contributed by atoms with Gasteiger partial charge in [0.25, 0.3) is 0 Å². The number of hydrogen-bond acceptors (Lipinski definition) is 4. The van der Waals surface area contributed by atoms with Gasteiger partial charge in [0.1, 0.15) is 18.5 Å². The SMILES string of the molecule is O=c1[nH]c2ccc(F)cc2n1C1CCCN(CC2COc3ccccc3O2)C1. The van der Waals surface area contributed by atoms with Crippen molar-refractivity contribution >= 4 is 11.0 Å². The highest BCUT2D eigenvalue weighted by Gasteiger charge is 2.28. The highest BCUT2D eigenvalue weighted by Crippen LogP contribution is 2.32. The van der Waals surface area contributed by atoms with E-state index in [1.165, 1.54) is 12.1 Å². The van der Waals surface area contributed by atoms with E-state index in [2.05, 4.69) is 9.88 Å². The second-order valence-corrected chi connectivity index (χ2v) is 7.51. The van der Waals surface area contributed by atoms with Crippen molar-refractivity contribution in [2.24, 2.45) is 0 Å². The predicted octanol–water partition coefficient (Wildman–Crippen LogP) is 2.95. The lowest BCUT2D eigenvalue weighted by Gasteiger charge is -2.36. The molecule has 1 saturated heterocycles. The van der Waals surface area contributed by atoms with Crippen LogP contribution in [0.2, 0.25) is 0 Å². The van der Waals surface area contributed by atoms with Crippen molar-refractivity contribution < 1.29 is 13.9 Å². The van der Waals surface area contributed by atoms with E-state index in [0.717, 1.165) is 44.0 Å². The number of nitrogens with one attached hydrogen (secondary N) is 1. The van der Waals surface area contributed by atoms with Gasteiger partial charge in [-0.1, -0.05) is 12.1 Å². The Morgan fingerprint density at radius 2 is 2.04 bits per heavy atom. The highest BCUT2D eigenvalue weighted by molar-refractivity contribution is 5.75. The van der Waals surface area contributed by atoms with Gasteiger partial charge in [0.2, 0.25) is 0 Å². The number of para-hydroxylation sites is 2. The molecule has 2 aliphatic rings. The molecular weight excluding hydrogens is 361 g/mol. The fourth-order valence-electron chi connectivity index (χ4n) is 4.31. The van der Waals surface area contributed by atoms with Crippen LogP contribution in [0.5, 0.6) is 11.5 Å². The van der Waals surface area contributed by atoms with Crippen LogP contribution in [-0.2, 0) is 0 Å². The number of benzene rings is 2. The first-order valence-corrected chi connectivity index (χ1v) is 9.68. The third-order valence-electron chi connectivity index (χ3n) is 5.55. The monoisotopic (exact) mass is 383 g/mol. The van der Waals surface area contributed by atoms with E-state index in [9.17, 15) is 9.18 Å². The maximum absolute atomic E-state index is 13.7. The van der Waals surface area contributed by atoms with Crippen LogP contribution in [0, 0.1) is 5.82 Å². The average molecular weight is 383 g/mol. The molecule has 0 amide bonds. The molecule has 1 fully saturated rings. The Labute approximate surface area is 161 Å². The van der Waals surface area contributed by atoms with Crippen LogP contribution in [0.3, 0.4) is 0 Å². The number of fused-ring (bicyclic) bond motifs is 2. The fraction of sp³-hybridized carbons (Fsp3) is 0.381. The number of halogens is 1. The summed E-state index contributed by atoms with van der Waals surface area (Å²) in [4.78, 5) is 17.6. The van der Waals surface area contributed by atoms with Gasteiger partial charge >= 0.3 is 5.69 Å². The number of aromatic nitrogens is 2. The zero-order valence-electron chi connectivity index (χ0n) is 15.4. The van der Waals surface area contributed by atoms with E-state index < -0.39 is 0 Å². The first-order valence-electron chi connectivity index (χ1n) is 9.68. The van der Waals surface area contributed by atoms with Crippen molar-refractivity contribution in [2.75, 3.05) is 26.2 Å². The molecule has 3 aromatic rings. The lowest BCUT2D eigenvalue weighted by atomic mass is 10.0. The van der Waals surface area contributed by atoms with Crippen molar-refractivity contribution in [3.63, 3.8) is 0 Å². The molecule has 2 unspecified atom stereocenters. The van der Waals surface area contributed by atoms with Gasteiger partial charge in [-0.3, -0.25) is 9.47 Å². The normalized spacial score (nSPS) is 22.5. The molecule has 2 aliphatic heterocycles. The number of piperidine rings is 1.